The molecular weight excluding hydrogens is 270 g/mol. The van der Waals surface area contributed by atoms with Gasteiger partial charge in [-0.15, -0.1) is 0 Å². The fraction of sp³-hybridized carbons (Fsp3) is 0.667. The Morgan fingerprint density at radius 3 is 2.90 bits per heavy atom. The second kappa shape index (κ2) is 7.47. The molecule has 6 heteroatoms. The molecule has 2 N–H and O–H groups in total. The van der Waals surface area contributed by atoms with E-state index in [1.54, 1.807) is 6.26 Å². The first-order chi connectivity index (χ1) is 10.1. The van der Waals surface area contributed by atoms with Crippen LogP contribution < -0.4 is 10.6 Å². The number of rotatable bonds is 6. The van der Waals surface area contributed by atoms with Gasteiger partial charge in [-0.2, -0.15) is 0 Å². The molecule has 1 aliphatic rings. The van der Waals surface area contributed by atoms with Crippen molar-refractivity contribution in [3.05, 3.63) is 24.2 Å². The molecule has 2 amide bonds. The van der Waals surface area contributed by atoms with Crippen LogP contribution in [0.25, 0.3) is 0 Å². The van der Waals surface area contributed by atoms with E-state index in [2.05, 4.69) is 10.6 Å². The maximum Gasteiger partial charge on any atom is 0.315 e. The molecule has 0 bridgehead atoms. The number of nitrogens with zero attached hydrogens (tertiary/aromatic N) is 1. The second-order valence-corrected chi connectivity index (χ2v) is 5.69. The molecule has 0 aromatic carbocycles. The largest absolute Gasteiger partial charge is 0.468 e. The Bertz CT molecular complexity index is 427. The fourth-order valence-corrected chi connectivity index (χ4v) is 2.56. The zero-order valence-electron chi connectivity index (χ0n) is 13.0. The normalized spacial score (nSPS) is 21.2. The van der Waals surface area contributed by atoms with Gasteiger partial charge in [-0.25, -0.2) is 4.79 Å². The number of carbonyl (C=O) groups excluding carboxylic acids is 1. The van der Waals surface area contributed by atoms with E-state index in [0.717, 1.165) is 25.2 Å². The van der Waals surface area contributed by atoms with Gasteiger partial charge in [0, 0.05) is 13.2 Å². The lowest BCUT2D eigenvalue weighted by molar-refractivity contribution is 0.0859. The second-order valence-electron chi connectivity index (χ2n) is 5.69. The van der Waals surface area contributed by atoms with E-state index < -0.39 is 0 Å². The van der Waals surface area contributed by atoms with Gasteiger partial charge < -0.3 is 19.8 Å². The van der Waals surface area contributed by atoms with Crippen LogP contribution in [-0.2, 0) is 4.74 Å². The standard InChI is InChI=1S/C15H25N3O3/c1-11(13-6-4-8-20-13)17-15(19)16-10-12(18(2)3)14-7-5-9-21-14/h5,7,9,11-13H,4,6,8,10H2,1-3H3,(H2,16,17,19)/t11-,12+,13-/m0/s1. The summed E-state index contributed by atoms with van der Waals surface area (Å²) in [4.78, 5) is 14.0. The lowest BCUT2D eigenvalue weighted by Gasteiger charge is -2.24. The number of nitrogens with one attached hydrogen (secondary N) is 2. The summed E-state index contributed by atoms with van der Waals surface area (Å²) in [5.41, 5.74) is 0. The summed E-state index contributed by atoms with van der Waals surface area (Å²) in [6, 6.07) is 3.64. The molecule has 1 saturated heterocycles. The molecule has 1 aliphatic heterocycles. The minimum Gasteiger partial charge on any atom is -0.468 e. The third kappa shape index (κ3) is 4.47. The third-order valence-corrected chi connectivity index (χ3v) is 3.83. The minimum absolute atomic E-state index is 0.0174. The van der Waals surface area contributed by atoms with Crippen molar-refractivity contribution in [3.63, 3.8) is 0 Å². The molecule has 0 spiro atoms. The van der Waals surface area contributed by atoms with Crippen LogP contribution in [0.3, 0.4) is 0 Å². The Hall–Kier alpha value is -1.53. The fourth-order valence-electron chi connectivity index (χ4n) is 2.56. The molecule has 118 valence electrons. The van der Waals surface area contributed by atoms with Crippen molar-refractivity contribution >= 4 is 6.03 Å². The van der Waals surface area contributed by atoms with Crippen molar-refractivity contribution in [1.82, 2.24) is 15.5 Å². The SMILES string of the molecule is C[C@H](NC(=O)NC[C@H](c1ccco1)N(C)C)[C@@H]1CCCO1. The lowest BCUT2D eigenvalue weighted by Crippen LogP contribution is -2.47. The molecule has 0 saturated carbocycles. The van der Waals surface area contributed by atoms with Crippen molar-refractivity contribution < 1.29 is 13.9 Å². The van der Waals surface area contributed by atoms with Crippen LogP contribution in [0.15, 0.2) is 22.8 Å². The zero-order chi connectivity index (χ0) is 15.2. The highest BCUT2D eigenvalue weighted by Gasteiger charge is 2.24. The van der Waals surface area contributed by atoms with Crippen LogP contribution in [-0.4, -0.2) is 50.3 Å². The van der Waals surface area contributed by atoms with Gasteiger partial charge in [0.1, 0.15) is 5.76 Å². The Morgan fingerprint density at radius 2 is 2.33 bits per heavy atom. The Morgan fingerprint density at radius 1 is 1.52 bits per heavy atom. The maximum absolute atomic E-state index is 12.0. The van der Waals surface area contributed by atoms with E-state index >= 15 is 0 Å². The Labute approximate surface area is 125 Å². The molecule has 1 fully saturated rings. The first-order valence-electron chi connectivity index (χ1n) is 7.43. The molecule has 2 heterocycles. The van der Waals surface area contributed by atoms with Gasteiger partial charge in [0.05, 0.1) is 24.5 Å². The highest BCUT2D eigenvalue weighted by Crippen LogP contribution is 2.18. The Balaban J connectivity index is 1.79. The first-order valence-corrected chi connectivity index (χ1v) is 7.43. The predicted molar refractivity (Wildman–Crippen MR) is 80.1 cm³/mol. The van der Waals surface area contributed by atoms with E-state index in [0.29, 0.717) is 6.54 Å². The molecule has 0 radical (unpaired) electrons. The molecule has 1 aromatic heterocycles. The number of likely N-dealkylation sites (N-methyl/N-ethyl adjacent to an activating group) is 1. The summed E-state index contributed by atoms with van der Waals surface area (Å²) in [7, 11) is 3.92. The van der Waals surface area contributed by atoms with Gasteiger partial charge in [0.25, 0.3) is 0 Å². The molecular formula is C15H25N3O3. The summed E-state index contributed by atoms with van der Waals surface area (Å²) >= 11 is 0. The van der Waals surface area contributed by atoms with Crippen molar-refractivity contribution in [3.8, 4) is 0 Å². The highest BCUT2D eigenvalue weighted by molar-refractivity contribution is 5.74. The molecule has 3 atom stereocenters. The van der Waals surface area contributed by atoms with E-state index in [4.69, 9.17) is 9.15 Å². The van der Waals surface area contributed by atoms with Crippen LogP contribution in [0.2, 0.25) is 0 Å². The number of hydrogen-bond donors (Lipinski definition) is 2. The van der Waals surface area contributed by atoms with Crippen LogP contribution in [0.5, 0.6) is 0 Å². The number of urea groups is 1. The summed E-state index contributed by atoms with van der Waals surface area (Å²) in [6.45, 7) is 3.26. The van der Waals surface area contributed by atoms with Crippen molar-refractivity contribution in [1.29, 1.82) is 0 Å². The molecule has 2 rings (SSSR count). The predicted octanol–water partition coefficient (Wildman–Crippen LogP) is 1.75. The number of furan rings is 1. The van der Waals surface area contributed by atoms with Crippen molar-refractivity contribution in [2.75, 3.05) is 27.2 Å². The monoisotopic (exact) mass is 295 g/mol. The summed E-state index contributed by atoms with van der Waals surface area (Å²) in [5.74, 6) is 0.840. The smallest absolute Gasteiger partial charge is 0.315 e. The quantitative estimate of drug-likeness (QED) is 0.839. The summed E-state index contributed by atoms with van der Waals surface area (Å²) in [5, 5.41) is 5.84. The molecule has 1 aromatic rings. The maximum atomic E-state index is 12.0. The average Bonchev–Trinajstić information content (AvgIpc) is 3.12. The molecule has 0 unspecified atom stereocenters. The lowest BCUT2D eigenvalue weighted by atomic mass is 10.1. The summed E-state index contributed by atoms with van der Waals surface area (Å²) < 4.78 is 11.0. The van der Waals surface area contributed by atoms with Gasteiger partial charge >= 0.3 is 6.03 Å². The van der Waals surface area contributed by atoms with Gasteiger partial charge in [-0.1, -0.05) is 0 Å². The molecule has 0 aliphatic carbocycles. The van der Waals surface area contributed by atoms with Crippen LogP contribution in [0.4, 0.5) is 4.79 Å². The number of ether oxygens (including phenoxy) is 1. The molecule has 21 heavy (non-hydrogen) atoms. The topological polar surface area (TPSA) is 66.7 Å². The average molecular weight is 295 g/mol. The van der Waals surface area contributed by atoms with Crippen LogP contribution in [0, 0.1) is 0 Å². The van der Waals surface area contributed by atoms with Crippen molar-refractivity contribution in [2.45, 2.75) is 38.0 Å². The van der Waals surface area contributed by atoms with Gasteiger partial charge in [0.2, 0.25) is 0 Å². The van der Waals surface area contributed by atoms with E-state index in [9.17, 15) is 4.79 Å². The van der Waals surface area contributed by atoms with Gasteiger partial charge in [-0.05, 0) is 46.0 Å². The van der Waals surface area contributed by atoms with E-state index in [-0.39, 0.29) is 24.2 Å². The van der Waals surface area contributed by atoms with E-state index in [1.165, 1.54) is 0 Å². The summed E-state index contributed by atoms with van der Waals surface area (Å²) in [6.07, 6.45) is 3.85. The number of hydrogen-bond acceptors (Lipinski definition) is 4. The first kappa shape index (κ1) is 15.9. The van der Waals surface area contributed by atoms with E-state index in [1.807, 2.05) is 38.1 Å². The van der Waals surface area contributed by atoms with Gasteiger partial charge in [0.15, 0.2) is 0 Å². The van der Waals surface area contributed by atoms with Crippen LogP contribution >= 0.6 is 0 Å². The third-order valence-electron chi connectivity index (χ3n) is 3.83. The highest BCUT2D eigenvalue weighted by atomic mass is 16.5. The number of carbonyl (C=O) groups is 1. The Kier molecular flexibility index (Phi) is 5.64. The van der Waals surface area contributed by atoms with Crippen molar-refractivity contribution in [2.24, 2.45) is 0 Å². The zero-order valence-corrected chi connectivity index (χ0v) is 13.0. The number of amides is 2. The van der Waals surface area contributed by atoms with Crippen LogP contribution in [0.1, 0.15) is 31.6 Å². The molecule has 6 nitrogen and oxygen atoms in total. The minimum atomic E-state index is -0.170. The van der Waals surface area contributed by atoms with Gasteiger partial charge in [-0.3, -0.25) is 4.90 Å².